The van der Waals surface area contributed by atoms with E-state index in [1.807, 2.05) is 12.3 Å². The number of aliphatic hydroxyl groups excluding tert-OH is 1. The first-order chi connectivity index (χ1) is 10.9. The van der Waals surface area contributed by atoms with Crippen molar-refractivity contribution >= 4 is 10.0 Å². The molecule has 1 heterocycles. The fraction of sp³-hybridized carbons (Fsp3) is 0.438. The Kier molecular flexibility index (Phi) is 4.27. The zero-order chi connectivity index (χ0) is 16.6. The average molecular weight is 335 g/mol. The van der Waals surface area contributed by atoms with Crippen molar-refractivity contribution in [3.8, 4) is 0 Å². The highest BCUT2D eigenvalue weighted by molar-refractivity contribution is 7.89. The molecule has 1 unspecified atom stereocenters. The van der Waals surface area contributed by atoms with Crippen molar-refractivity contribution in [3.63, 3.8) is 0 Å². The van der Waals surface area contributed by atoms with Crippen LogP contribution < -0.4 is 4.72 Å². The number of aromatic nitrogens is 2. The molecule has 1 aromatic heterocycles. The number of sulfonamides is 1. The monoisotopic (exact) mass is 335 g/mol. The molecule has 0 aliphatic heterocycles. The van der Waals surface area contributed by atoms with Gasteiger partial charge < -0.3 is 5.11 Å². The summed E-state index contributed by atoms with van der Waals surface area (Å²) in [5, 5.41) is 13.7. The van der Waals surface area contributed by atoms with E-state index in [1.54, 1.807) is 43.0 Å². The molecule has 1 aromatic carbocycles. The van der Waals surface area contributed by atoms with Gasteiger partial charge in [0.2, 0.25) is 10.0 Å². The van der Waals surface area contributed by atoms with Crippen LogP contribution in [-0.4, -0.2) is 29.4 Å². The van der Waals surface area contributed by atoms with Gasteiger partial charge in [0.25, 0.3) is 0 Å². The van der Waals surface area contributed by atoms with E-state index in [4.69, 9.17) is 0 Å². The molecule has 1 saturated carbocycles. The molecule has 0 spiro atoms. The molecular formula is C16H21N3O3S. The lowest BCUT2D eigenvalue weighted by Gasteiger charge is -2.37. The van der Waals surface area contributed by atoms with Crippen LogP contribution in [0.25, 0.3) is 0 Å². The van der Waals surface area contributed by atoms with E-state index in [-0.39, 0.29) is 23.0 Å². The molecule has 1 atom stereocenters. The smallest absolute Gasteiger partial charge is 0.241 e. The first kappa shape index (κ1) is 16.2. The highest BCUT2D eigenvalue weighted by atomic mass is 32.2. The average Bonchev–Trinajstić information content (AvgIpc) is 2.88. The Morgan fingerprint density at radius 1 is 1.35 bits per heavy atom. The van der Waals surface area contributed by atoms with Gasteiger partial charge in [-0.2, -0.15) is 5.10 Å². The summed E-state index contributed by atoms with van der Waals surface area (Å²) in [4.78, 5) is 0.286. The van der Waals surface area contributed by atoms with Crippen molar-refractivity contribution in [2.75, 3.05) is 0 Å². The lowest BCUT2D eigenvalue weighted by atomic mass is 9.76. The molecule has 2 aromatic rings. The molecule has 0 saturated heterocycles. The van der Waals surface area contributed by atoms with E-state index >= 15 is 0 Å². The Morgan fingerprint density at radius 3 is 2.61 bits per heavy atom. The van der Waals surface area contributed by atoms with Crippen LogP contribution in [0.15, 0.2) is 41.6 Å². The van der Waals surface area contributed by atoms with Gasteiger partial charge in [-0.1, -0.05) is 18.2 Å². The molecule has 1 aliphatic carbocycles. The lowest BCUT2D eigenvalue weighted by molar-refractivity contribution is 0.0280. The lowest BCUT2D eigenvalue weighted by Crippen LogP contribution is -2.41. The molecule has 7 heteroatoms. The first-order valence-electron chi connectivity index (χ1n) is 7.61. The fourth-order valence-corrected chi connectivity index (χ4v) is 4.57. The van der Waals surface area contributed by atoms with Crippen LogP contribution >= 0.6 is 0 Å². The highest BCUT2D eigenvalue weighted by Gasteiger charge is 2.37. The fourth-order valence-electron chi connectivity index (χ4n) is 3.03. The quantitative estimate of drug-likeness (QED) is 0.868. The SMILES string of the molecule is Cc1ccccc1S(=O)(=O)NC(c1cnn(C)c1)C1CC(O)C1. The van der Waals surface area contributed by atoms with Crippen molar-refractivity contribution in [1.29, 1.82) is 0 Å². The third kappa shape index (κ3) is 3.31. The number of aryl methyl sites for hydroxylation is 2. The maximum atomic E-state index is 12.8. The van der Waals surface area contributed by atoms with Crippen LogP contribution in [0.1, 0.15) is 30.0 Å². The van der Waals surface area contributed by atoms with Crippen LogP contribution in [-0.2, 0) is 17.1 Å². The number of hydrogen-bond acceptors (Lipinski definition) is 4. The number of nitrogens with one attached hydrogen (secondary N) is 1. The Morgan fingerprint density at radius 2 is 2.04 bits per heavy atom. The van der Waals surface area contributed by atoms with Gasteiger partial charge in [-0.15, -0.1) is 0 Å². The van der Waals surface area contributed by atoms with Gasteiger partial charge in [0.15, 0.2) is 0 Å². The Balaban J connectivity index is 1.90. The predicted molar refractivity (Wildman–Crippen MR) is 86.2 cm³/mol. The van der Waals surface area contributed by atoms with E-state index < -0.39 is 10.0 Å². The van der Waals surface area contributed by atoms with Crippen LogP contribution in [0.5, 0.6) is 0 Å². The molecule has 1 aliphatic rings. The first-order valence-corrected chi connectivity index (χ1v) is 9.09. The van der Waals surface area contributed by atoms with E-state index in [1.165, 1.54) is 0 Å². The molecule has 0 bridgehead atoms. The Bertz CT molecular complexity index is 794. The summed E-state index contributed by atoms with van der Waals surface area (Å²) in [6, 6.07) is 6.54. The standard InChI is InChI=1S/C16H21N3O3S/c1-11-5-3-4-6-15(11)23(21,22)18-16(12-7-14(20)8-12)13-9-17-19(2)10-13/h3-6,9-10,12,14,16,18,20H,7-8H2,1-2H3. The molecular weight excluding hydrogens is 314 g/mol. The number of aliphatic hydroxyl groups is 1. The molecule has 1 fully saturated rings. The summed E-state index contributed by atoms with van der Waals surface area (Å²) in [7, 11) is -1.84. The molecule has 124 valence electrons. The second-order valence-corrected chi connectivity index (χ2v) is 7.88. The molecule has 6 nitrogen and oxygen atoms in total. The van der Waals surface area contributed by atoms with E-state index in [2.05, 4.69) is 9.82 Å². The highest BCUT2D eigenvalue weighted by Crippen LogP contribution is 2.38. The van der Waals surface area contributed by atoms with Gasteiger partial charge in [0.05, 0.1) is 23.2 Å². The summed E-state index contributed by atoms with van der Waals surface area (Å²) < 4.78 is 30.0. The summed E-state index contributed by atoms with van der Waals surface area (Å²) >= 11 is 0. The zero-order valence-electron chi connectivity index (χ0n) is 13.2. The maximum Gasteiger partial charge on any atom is 0.241 e. The molecule has 2 N–H and O–H groups in total. The third-order valence-corrected chi connectivity index (χ3v) is 5.97. The van der Waals surface area contributed by atoms with Gasteiger partial charge in [-0.3, -0.25) is 4.68 Å². The van der Waals surface area contributed by atoms with Crippen molar-refractivity contribution < 1.29 is 13.5 Å². The molecule has 0 radical (unpaired) electrons. The van der Waals surface area contributed by atoms with Crippen molar-refractivity contribution in [1.82, 2.24) is 14.5 Å². The van der Waals surface area contributed by atoms with Gasteiger partial charge in [-0.05, 0) is 37.3 Å². The van der Waals surface area contributed by atoms with Crippen molar-refractivity contribution in [2.24, 2.45) is 13.0 Å². The van der Waals surface area contributed by atoms with Crippen molar-refractivity contribution in [3.05, 3.63) is 47.8 Å². The zero-order valence-corrected chi connectivity index (χ0v) is 14.0. The third-order valence-electron chi connectivity index (χ3n) is 4.37. The Hall–Kier alpha value is -1.70. The molecule has 23 heavy (non-hydrogen) atoms. The second kappa shape index (κ2) is 6.07. The summed E-state index contributed by atoms with van der Waals surface area (Å²) in [6.07, 6.45) is 4.33. The van der Waals surface area contributed by atoms with Gasteiger partial charge >= 0.3 is 0 Å². The van der Waals surface area contributed by atoms with E-state index in [9.17, 15) is 13.5 Å². The number of hydrogen-bond donors (Lipinski definition) is 2. The van der Waals surface area contributed by atoms with Gasteiger partial charge in [0, 0.05) is 18.8 Å². The van der Waals surface area contributed by atoms with Gasteiger partial charge in [0.1, 0.15) is 0 Å². The minimum Gasteiger partial charge on any atom is -0.393 e. The van der Waals surface area contributed by atoms with Crippen molar-refractivity contribution in [2.45, 2.75) is 36.8 Å². The second-order valence-electron chi connectivity index (χ2n) is 6.20. The normalized spacial score (nSPS) is 22.6. The summed E-state index contributed by atoms with van der Waals surface area (Å²) in [5.74, 6) is 0.0768. The summed E-state index contributed by atoms with van der Waals surface area (Å²) in [5.41, 5.74) is 1.53. The van der Waals surface area contributed by atoms with Crippen LogP contribution in [0.2, 0.25) is 0 Å². The Labute approximate surface area is 136 Å². The largest absolute Gasteiger partial charge is 0.393 e. The number of benzene rings is 1. The predicted octanol–water partition coefficient (Wildman–Crippen LogP) is 1.52. The van der Waals surface area contributed by atoms with E-state index in [0.717, 1.165) is 5.56 Å². The molecule has 0 amide bonds. The molecule has 3 rings (SSSR count). The van der Waals surface area contributed by atoms with E-state index in [0.29, 0.717) is 18.4 Å². The maximum absolute atomic E-state index is 12.8. The minimum atomic E-state index is -3.64. The number of rotatable bonds is 5. The van der Waals surface area contributed by atoms with Crippen LogP contribution in [0, 0.1) is 12.8 Å². The van der Waals surface area contributed by atoms with Crippen LogP contribution in [0.3, 0.4) is 0 Å². The van der Waals surface area contributed by atoms with Gasteiger partial charge in [-0.25, -0.2) is 13.1 Å². The summed E-state index contributed by atoms with van der Waals surface area (Å²) in [6.45, 7) is 1.78. The minimum absolute atomic E-state index is 0.0768. The number of nitrogens with zero attached hydrogens (tertiary/aromatic N) is 2. The van der Waals surface area contributed by atoms with Crippen LogP contribution in [0.4, 0.5) is 0 Å². The topological polar surface area (TPSA) is 84.2 Å².